The summed E-state index contributed by atoms with van der Waals surface area (Å²) >= 11 is 7.13. The molecule has 23 heavy (non-hydrogen) atoms. The average molecular weight is 364 g/mol. The summed E-state index contributed by atoms with van der Waals surface area (Å²) in [5.41, 5.74) is -1.38. The van der Waals surface area contributed by atoms with E-state index in [-0.39, 0.29) is 6.54 Å². The quantitative estimate of drug-likeness (QED) is 0.847. The van der Waals surface area contributed by atoms with E-state index >= 15 is 0 Å². The molecule has 0 aliphatic rings. The summed E-state index contributed by atoms with van der Waals surface area (Å²) in [6, 6.07) is 8.08. The Labute approximate surface area is 140 Å². The van der Waals surface area contributed by atoms with Gasteiger partial charge in [-0.1, -0.05) is 23.7 Å². The molecule has 1 atom stereocenters. The van der Waals surface area contributed by atoms with Crippen LogP contribution in [-0.2, 0) is 10.9 Å². The van der Waals surface area contributed by atoms with Crippen LogP contribution in [0.25, 0.3) is 0 Å². The Balaban J connectivity index is 2.11. The summed E-state index contributed by atoms with van der Waals surface area (Å²) in [4.78, 5) is 12.9. The van der Waals surface area contributed by atoms with Gasteiger partial charge in [-0.2, -0.15) is 13.2 Å². The van der Waals surface area contributed by atoms with E-state index in [4.69, 9.17) is 16.3 Å². The Bertz CT molecular complexity index is 687. The molecule has 0 saturated carbocycles. The molecular weight excluding hydrogens is 351 g/mol. The number of hydrogen-bond donors (Lipinski definition) is 1. The molecule has 0 spiro atoms. The van der Waals surface area contributed by atoms with Crippen molar-refractivity contribution in [3.63, 3.8) is 0 Å². The van der Waals surface area contributed by atoms with E-state index in [0.29, 0.717) is 4.34 Å². The number of carbonyl (C=O) groups excluding carboxylic acids is 1. The van der Waals surface area contributed by atoms with E-state index in [9.17, 15) is 18.0 Å². The monoisotopic (exact) mass is 363 g/mol. The third kappa shape index (κ3) is 4.46. The Morgan fingerprint density at radius 3 is 2.57 bits per heavy atom. The van der Waals surface area contributed by atoms with Crippen LogP contribution in [0.5, 0.6) is 0 Å². The molecule has 1 N–H and O–H groups in total. The van der Waals surface area contributed by atoms with Crippen molar-refractivity contribution in [3.8, 4) is 0 Å². The molecule has 0 aliphatic heterocycles. The van der Waals surface area contributed by atoms with Crippen molar-refractivity contribution in [1.82, 2.24) is 5.32 Å². The van der Waals surface area contributed by atoms with Gasteiger partial charge in [0.2, 0.25) is 0 Å². The van der Waals surface area contributed by atoms with Gasteiger partial charge in [-0.15, -0.1) is 11.3 Å². The van der Waals surface area contributed by atoms with Crippen LogP contribution in [0.4, 0.5) is 13.2 Å². The molecule has 1 amide bonds. The van der Waals surface area contributed by atoms with E-state index in [2.05, 4.69) is 5.32 Å². The molecule has 0 radical (unpaired) electrons. The van der Waals surface area contributed by atoms with Gasteiger partial charge in [0, 0.05) is 18.5 Å². The van der Waals surface area contributed by atoms with Gasteiger partial charge >= 0.3 is 6.18 Å². The highest BCUT2D eigenvalue weighted by Gasteiger charge is 2.34. The van der Waals surface area contributed by atoms with E-state index in [1.54, 1.807) is 12.1 Å². The fourth-order valence-corrected chi connectivity index (χ4v) is 3.15. The molecule has 3 nitrogen and oxygen atoms in total. The van der Waals surface area contributed by atoms with Gasteiger partial charge in [-0.25, -0.2) is 0 Å². The SMILES string of the molecule is CO[C@@H](CNC(=O)c1ccccc1C(F)(F)F)c1ccc(Cl)s1. The van der Waals surface area contributed by atoms with Crippen LogP contribution in [-0.4, -0.2) is 19.6 Å². The van der Waals surface area contributed by atoms with E-state index in [1.165, 1.54) is 30.6 Å². The van der Waals surface area contributed by atoms with Crippen LogP contribution in [0, 0.1) is 0 Å². The maximum absolute atomic E-state index is 12.9. The van der Waals surface area contributed by atoms with E-state index in [1.807, 2.05) is 0 Å². The lowest BCUT2D eigenvalue weighted by Crippen LogP contribution is -2.30. The number of hydrogen-bond acceptors (Lipinski definition) is 3. The Hall–Kier alpha value is -1.57. The zero-order valence-electron chi connectivity index (χ0n) is 12.0. The first-order valence-corrected chi connectivity index (χ1v) is 7.75. The number of thiophene rings is 1. The van der Waals surface area contributed by atoms with Crippen molar-refractivity contribution in [3.05, 3.63) is 56.7 Å². The number of rotatable bonds is 5. The summed E-state index contributed by atoms with van der Waals surface area (Å²) in [7, 11) is 1.45. The van der Waals surface area contributed by atoms with Gasteiger partial charge in [-0.3, -0.25) is 4.79 Å². The highest BCUT2D eigenvalue weighted by Crippen LogP contribution is 2.32. The second kappa shape index (κ2) is 7.33. The van der Waals surface area contributed by atoms with Crippen molar-refractivity contribution in [2.45, 2.75) is 12.3 Å². The minimum atomic E-state index is -4.59. The lowest BCUT2D eigenvalue weighted by atomic mass is 10.1. The number of methoxy groups -OCH3 is 1. The van der Waals surface area contributed by atoms with Crippen molar-refractivity contribution in [2.24, 2.45) is 0 Å². The fraction of sp³-hybridized carbons (Fsp3) is 0.267. The molecule has 8 heteroatoms. The largest absolute Gasteiger partial charge is 0.417 e. The second-order valence-electron chi connectivity index (χ2n) is 4.62. The third-order valence-corrected chi connectivity index (χ3v) is 4.44. The molecule has 0 saturated heterocycles. The van der Waals surface area contributed by atoms with Crippen LogP contribution in [0.3, 0.4) is 0 Å². The number of carbonyl (C=O) groups is 1. The molecule has 0 unspecified atom stereocenters. The predicted octanol–water partition coefficient (Wildman–Crippen LogP) is 4.54. The lowest BCUT2D eigenvalue weighted by Gasteiger charge is -2.16. The molecule has 2 aromatic rings. The summed E-state index contributed by atoms with van der Waals surface area (Å²) < 4.78 is 44.6. The van der Waals surface area contributed by atoms with Gasteiger partial charge < -0.3 is 10.1 Å². The van der Waals surface area contributed by atoms with Crippen LogP contribution in [0.1, 0.15) is 26.9 Å². The standard InChI is InChI=1S/C15H13ClF3NO2S/c1-22-11(12-6-7-13(16)23-12)8-20-14(21)9-4-2-3-5-10(9)15(17,18)19/h2-7,11H,8H2,1H3,(H,20,21)/t11-/m0/s1. The molecule has 0 fully saturated rings. The average Bonchev–Trinajstić information content (AvgIpc) is 2.93. The fourth-order valence-electron chi connectivity index (χ4n) is 2.01. The summed E-state index contributed by atoms with van der Waals surface area (Å²) in [5.74, 6) is -0.803. The van der Waals surface area contributed by atoms with Crippen LogP contribution in [0.15, 0.2) is 36.4 Å². The maximum Gasteiger partial charge on any atom is 0.417 e. The molecule has 124 valence electrons. The first-order valence-electron chi connectivity index (χ1n) is 6.55. The van der Waals surface area contributed by atoms with Crippen molar-refractivity contribution >= 4 is 28.8 Å². The smallest absolute Gasteiger partial charge is 0.374 e. The zero-order chi connectivity index (χ0) is 17.0. The molecule has 1 aromatic heterocycles. The molecule has 0 bridgehead atoms. The van der Waals surface area contributed by atoms with Crippen LogP contribution in [0.2, 0.25) is 4.34 Å². The molecular formula is C15H13ClF3NO2S. The Morgan fingerprint density at radius 1 is 1.30 bits per heavy atom. The van der Waals surface area contributed by atoms with E-state index in [0.717, 1.165) is 17.0 Å². The summed E-state index contributed by atoms with van der Waals surface area (Å²) in [6.07, 6.45) is -5.06. The molecule has 2 rings (SSSR count). The van der Waals surface area contributed by atoms with Crippen molar-refractivity contribution in [1.29, 1.82) is 0 Å². The zero-order valence-corrected chi connectivity index (χ0v) is 13.6. The van der Waals surface area contributed by atoms with Gasteiger partial charge in [0.1, 0.15) is 6.10 Å². The van der Waals surface area contributed by atoms with Crippen LogP contribution >= 0.6 is 22.9 Å². The third-order valence-electron chi connectivity index (χ3n) is 3.12. The topological polar surface area (TPSA) is 38.3 Å². The minimum Gasteiger partial charge on any atom is -0.374 e. The second-order valence-corrected chi connectivity index (χ2v) is 6.37. The predicted molar refractivity (Wildman–Crippen MR) is 82.9 cm³/mol. The molecule has 1 aromatic carbocycles. The summed E-state index contributed by atoms with van der Waals surface area (Å²) in [5, 5.41) is 2.47. The van der Waals surface area contributed by atoms with Gasteiger partial charge in [-0.05, 0) is 24.3 Å². The number of benzene rings is 1. The number of ether oxygens (including phenoxy) is 1. The number of alkyl halides is 3. The Kier molecular flexibility index (Phi) is 5.67. The minimum absolute atomic E-state index is 0.0400. The molecule has 1 heterocycles. The number of halogens is 4. The lowest BCUT2D eigenvalue weighted by molar-refractivity contribution is -0.137. The van der Waals surface area contributed by atoms with Crippen molar-refractivity contribution in [2.75, 3.05) is 13.7 Å². The van der Waals surface area contributed by atoms with Gasteiger partial charge in [0.25, 0.3) is 5.91 Å². The number of nitrogens with one attached hydrogen (secondary N) is 1. The first-order chi connectivity index (χ1) is 10.8. The number of amides is 1. The highest BCUT2D eigenvalue weighted by atomic mass is 35.5. The van der Waals surface area contributed by atoms with Crippen LogP contribution < -0.4 is 5.32 Å². The first kappa shape index (κ1) is 17.8. The van der Waals surface area contributed by atoms with Crippen molar-refractivity contribution < 1.29 is 22.7 Å². The van der Waals surface area contributed by atoms with E-state index < -0.39 is 29.3 Å². The molecule has 0 aliphatic carbocycles. The normalized spacial score (nSPS) is 12.9. The van der Waals surface area contributed by atoms with Gasteiger partial charge in [0.15, 0.2) is 0 Å². The van der Waals surface area contributed by atoms with Gasteiger partial charge in [0.05, 0.1) is 15.5 Å². The Morgan fingerprint density at radius 2 is 2.00 bits per heavy atom. The maximum atomic E-state index is 12.9. The highest BCUT2D eigenvalue weighted by molar-refractivity contribution is 7.16. The summed E-state index contributed by atoms with van der Waals surface area (Å²) in [6.45, 7) is 0.0400.